The second-order valence-electron chi connectivity index (χ2n) is 4.60. The van der Waals surface area contributed by atoms with E-state index in [1.165, 1.54) is 4.90 Å². The smallest absolute Gasteiger partial charge is 0.325 e. The lowest BCUT2D eigenvalue weighted by atomic mass is 10.2. The van der Waals surface area contributed by atoms with Crippen molar-refractivity contribution in [1.29, 1.82) is 0 Å². The summed E-state index contributed by atoms with van der Waals surface area (Å²) in [6.45, 7) is 4.86. The third-order valence-corrected chi connectivity index (χ3v) is 2.81. The topological polar surface area (TPSA) is 55.8 Å². The number of ether oxygens (including phenoxy) is 2. The Morgan fingerprint density at radius 3 is 2.48 bits per heavy atom. The maximum atomic E-state index is 12.1. The average Bonchev–Trinajstić information content (AvgIpc) is 2.48. The molecule has 0 aliphatic rings. The summed E-state index contributed by atoms with van der Waals surface area (Å²) in [5.41, 5.74) is 1.01. The first-order valence-corrected chi connectivity index (χ1v) is 7.22. The van der Waals surface area contributed by atoms with E-state index < -0.39 is 0 Å². The van der Waals surface area contributed by atoms with Crippen LogP contribution in [0.3, 0.4) is 0 Å². The molecule has 0 bridgehead atoms. The molecule has 0 aliphatic carbocycles. The van der Waals surface area contributed by atoms with E-state index in [1.807, 2.05) is 37.3 Å². The zero-order chi connectivity index (χ0) is 15.5. The largest absolute Gasteiger partial charge is 0.465 e. The lowest BCUT2D eigenvalue weighted by Gasteiger charge is -2.21. The first kappa shape index (κ1) is 17.2. The van der Waals surface area contributed by atoms with Crippen molar-refractivity contribution in [3.63, 3.8) is 0 Å². The highest BCUT2D eigenvalue weighted by Crippen LogP contribution is 2.02. The zero-order valence-electron chi connectivity index (χ0n) is 12.7. The molecule has 0 unspecified atom stereocenters. The predicted molar refractivity (Wildman–Crippen MR) is 79.6 cm³/mol. The molecule has 1 rings (SSSR count). The monoisotopic (exact) mass is 293 g/mol. The Labute approximate surface area is 125 Å². The number of benzene rings is 1. The molecule has 0 saturated carbocycles. The summed E-state index contributed by atoms with van der Waals surface area (Å²) < 4.78 is 10.3. The maximum Gasteiger partial charge on any atom is 0.325 e. The number of hydrogen-bond donors (Lipinski definition) is 0. The SMILES string of the molecule is CCCN(CC(=O)OCC)C(=O)COCc1ccccc1. The van der Waals surface area contributed by atoms with Crippen LogP contribution in [0.15, 0.2) is 30.3 Å². The lowest BCUT2D eigenvalue weighted by molar-refractivity contribution is -0.150. The van der Waals surface area contributed by atoms with Crippen LogP contribution in [0.5, 0.6) is 0 Å². The van der Waals surface area contributed by atoms with Gasteiger partial charge in [0.25, 0.3) is 0 Å². The zero-order valence-corrected chi connectivity index (χ0v) is 12.7. The van der Waals surface area contributed by atoms with Crippen molar-refractivity contribution in [3.8, 4) is 0 Å². The number of carbonyl (C=O) groups is 2. The van der Waals surface area contributed by atoms with Gasteiger partial charge < -0.3 is 14.4 Å². The van der Waals surface area contributed by atoms with Gasteiger partial charge in [0.15, 0.2) is 0 Å². The van der Waals surface area contributed by atoms with Crippen LogP contribution in [0, 0.1) is 0 Å². The Hall–Kier alpha value is -1.88. The second-order valence-corrected chi connectivity index (χ2v) is 4.60. The van der Waals surface area contributed by atoms with Crippen LogP contribution in [-0.2, 0) is 25.7 Å². The van der Waals surface area contributed by atoms with E-state index in [-0.39, 0.29) is 25.0 Å². The maximum absolute atomic E-state index is 12.1. The van der Waals surface area contributed by atoms with Crippen LogP contribution >= 0.6 is 0 Å². The van der Waals surface area contributed by atoms with E-state index in [9.17, 15) is 9.59 Å². The van der Waals surface area contributed by atoms with Crippen molar-refractivity contribution in [2.45, 2.75) is 26.9 Å². The Morgan fingerprint density at radius 2 is 1.86 bits per heavy atom. The van der Waals surface area contributed by atoms with Gasteiger partial charge in [-0.1, -0.05) is 37.3 Å². The van der Waals surface area contributed by atoms with E-state index in [2.05, 4.69) is 0 Å². The van der Waals surface area contributed by atoms with Gasteiger partial charge in [-0.2, -0.15) is 0 Å². The molecule has 1 amide bonds. The van der Waals surface area contributed by atoms with E-state index in [0.717, 1.165) is 12.0 Å². The van der Waals surface area contributed by atoms with Crippen molar-refractivity contribution in [1.82, 2.24) is 4.90 Å². The molecule has 0 heterocycles. The van der Waals surface area contributed by atoms with E-state index >= 15 is 0 Å². The number of carbonyl (C=O) groups excluding carboxylic acids is 2. The lowest BCUT2D eigenvalue weighted by Crippen LogP contribution is -2.39. The first-order chi connectivity index (χ1) is 10.2. The van der Waals surface area contributed by atoms with Crippen LogP contribution < -0.4 is 0 Å². The molecule has 0 fully saturated rings. The van der Waals surface area contributed by atoms with Crippen LogP contribution in [0.2, 0.25) is 0 Å². The Balaban J connectivity index is 2.39. The average molecular weight is 293 g/mol. The highest BCUT2D eigenvalue weighted by molar-refractivity contribution is 5.82. The van der Waals surface area contributed by atoms with Crippen molar-refractivity contribution in [2.24, 2.45) is 0 Å². The summed E-state index contributed by atoms with van der Waals surface area (Å²) in [5, 5.41) is 0. The summed E-state index contributed by atoms with van der Waals surface area (Å²) in [4.78, 5) is 25.0. The summed E-state index contributed by atoms with van der Waals surface area (Å²) in [7, 11) is 0. The van der Waals surface area contributed by atoms with Gasteiger partial charge in [0, 0.05) is 6.54 Å². The van der Waals surface area contributed by atoms with Crippen molar-refractivity contribution < 1.29 is 19.1 Å². The number of amides is 1. The summed E-state index contributed by atoms with van der Waals surface area (Å²) in [5.74, 6) is -0.580. The van der Waals surface area contributed by atoms with Gasteiger partial charge in [-0.3, -0.25) is 9.59 Å². The molecule has 21 heavy (non-hydrogen) atoms. The van der Waals surface area contributed by atoms with Crippen molar-refractivity contribution in [3.05, 3.63) is 35.9 Å². The third-order valence-electron chi connectivity index (χ3n) is 2.81. The number of esters is 1. The molecule has 0 radical (unpaired) electrons. The molecule has 0 saturated heterocycles. The van der Waals surface area contributed by atoms with Gasteiger partial charge in [0.2, 0.25) is 5.91 Å². The van der Waals surface area contributed by atoms with Crippen LogP contribution in [0.25, 0.3) is 0 Å². The quantitative estimate of drug-likeness (QED) is 0.654. The van der Waals surface area contributed by atoms with Gasteiger partial charge in [-0.25, -0.2) is 0 Å². The first-order valence-electron chi connectivity index (χ1n) is 7.22. The van der Waals surface area contributed by atoms with Gasteiger partial charge in [0.1, 0.15) is 13.2 Å². The van der Waals surface area contributed by atoms with Gasteiger partial charge in [-0.15, -0.1) is 0 Å². The number of hydrogen-bond acceptors (Lipinski definition) is 4. The fourth-order valence-electron chi connectivity index (χ4n) is 1.85. The molecule has 1 aromatic rings. The van der Waals surface area contributed by atoms with Crippen LogP contribution in [0.4, 0.5) is 0 Å². The third kappa shape index (κ3) is 6.90. The Morgan fingerprint density at radius 1 is 1.14 bits per heavy atom. The molecule has 0 aromatic heterocycles. The number of nitrogens with zero attached hydrogens (tertiary/aromatic N) is 1. The standard InChI is InChI=1S/C16H23NO4/c1-3-10-17(11-16(19)21-4-2)15(18)13-20-12-14-8-6-5-7-9-14/h5-9H,3-4,10-13H2,1-2H3. The minimum atomic E-state index is -0.387. The molecule has 0 spiro atoms. The summed E-state index contributed by atoms with van der Waals surface area (Å²) >= 11 is 0. The fraction of sp³-hybridized carbons (Fsp3) is 0.500. The molecule has 0 atom stereocenters. The van der Waals surface area contributed by atoms with Crippen LogP contribution in [-0.4, -0.2) is 43.1 Å². The summed E-state index contributed by atoms with van der Waals surface area (Å²) in [6, 6.07) is 9.64. The molecule has 0 N–H and O–H groups in total. The molecule has 1 aromatic carbocycles. The molecule has 0 aliphatic heterocycles. The van der Waals surface area contributed by atoms with Crippen molar-refractivity contribution >= 4 is 11.9 Å². The van der Waals surface area contributed by atoms with Crippen molar-refractivity contribution in [2.75, 3.05) is 26.3 Å². The minimum absolute atomic E-state index is 0.0186. The molecule has 116 valence electrons. The number of rotatable bonds is 9. The van der Waals surface area contributed by atoms with Gasteiger partial charge >= 0.3 is 5.97 Å². The second kappa shape index (κ2) is 9.94. The Kier molecular flexibility index (Phi) is 8.12. The summed E-state index contributed by atoms with van der Waals surface area (Å²) in [6.07, 6.45) is 0.782. The molecular formula is C16H23NO4. The highest BCUT2D eigenvalue weighted by Gasteiger charge is 2.17. The highest BCUT2D eigenvalue weighted by atomic mass is 16.5. The molecule has 5 nitrogen and oxygen atoms in total. The van der Waals surface area contributed by atoms with Gasteiger partial charge in [-0.05, 0) is 18.9 Å². The minimum Gasteiger partial charge on any atom is -0.465 e. The predicted octanol–water partition coefficient (Wildman–Crippen LogP) is 2.00. The molecule has 5 heteroatoms. The van der Waals surface area contributed by atoms with Gasteiger partial charge in [0.05, 0.1) is 13.2 Å². The Bertz CT molecular complexity index is 433. The fourth-order valence-corrected chi connectivity index (χ4v) is 1.85. The molecular weight excluding hydrogens is 270 g/mol. The van der Waals surface area contributed by atoms with E-state index in [1.54, 1.807) is 6.92 Å². The van der Waals surface area contributed by atoms with Crippen LogP contribution in [0.1, 0.15) is 25.8 Å². The van der Waals surface area contributed by atoms with E-state index in [0.29, 0.717) is 19.8 Å². The van der Waals surface area contributed by atoms with E-state index in [4.69, 9.17) is 9.47 Å². The normalized spacial score (nSPS) is 10.2.